The Morgan fingerprint density at radius 2 is 1.75 bits per heavy atom. The summed E-state index contributed by atoms with van der Waals surface area (Å²) in [6, 6.07) is 0.773. The summed E-state index contributed by atoms with van der Waals surface area (Å²) in [5.41, 5.74) is 7.01. The predicted octanol–water partition coefficient (Wildman–Crippen LogP) is 4.18. The molecule has 2 heteroatoms. The SMILES string of the molecule is CCC1CCC(N(C)C2(CN)CCCC(C)(C)C2)CC1. The normalized spacial score (nSPS) is 38.1. The molecule has 0 aromatic carbocycles. The van der Waals surface area contributed by atoms with E-state index >= 15 is 0 Å². The van der Waals surface area contributed by atoms with Gasteiger partial charge in [-0.3, -0.25) is 4.90 Å². The highest BCUT2D eigenvalue weighted by molar-refractivity contribution is 5.00. The monoisotopic (exact) mass is 280 g/mol. The Labute approximate surface area is 126 Å². The molecule has 0 radical (unpaired) electrons. The molecule has 0 bridgehead atoms. The summed E-state index contributed by atoms with van der Waals surface area (Å²) in [6.07, 6.45) is 12.3. The highest BCUT2D eigenvalue weighted by Crippen LogP contribution is 2.45. The van der Waals surface area contributed by atoms with Crippen LogP contribution in [0.15, 0.2) is 0 Å². The fraction of sp³-hybridized carbons (Fsp3) is 1.00. The van der Waals surface area contributed by atoms with Gasteiger partial charge in [-0.25, -0.2) is 0 Å². The molecule has 2 rings (SSSR count). The second-order valence-corrected chi connectivity index (χ2v) is 8.32. The Morgan fingerprint density at radius 3 is 2.25 bits per heavy atom. The van der Waals surface area contributed by atoms with Crippen LogP contribution in [0.2, 0.25) is 0 Å². The first-order valence-corrected chi connectivity index (χ1v) is 8.85. The van der Waals surface area contributed by atoms with E-state index < -0.39 is 0 Å². The summed E-state index contributed by atoms with van der Waals surface area (Å²) in [5, 5.41) is 0. The van der Waals surface area contributed by atoms with Crippen LogP contribution in [0.25, 0.3) is 0 Å². The molecular formula is C18H36N2. The smallest absolute Gasteiger partial charge is 0.0336 e. The lowest BCUT2D eigenvalue weighted by Gasteiger charge is -2.53. The third-order valence-corrected chi connectivity index (χ3v) is 6.37. The molecule has 0 aromatic rings. The molecule has 20 heavy (non-hydrogen) atoms. The maximum Gasteiger partial charge on any atom is 0.0336 e. The molecule has 2 aliphatic rings. The van der Waals surface area contributed by atoms with Crippen LogP contribution in [0, 0.1) is 11.3 Å². The number of hydrogen-bond acceptors (Lipinski definition) is 2. The van der Waals surface area contributed by atoms with Crippen LogP contribution < -0.4 is 5.73 Å². The second kappa shape index (κ2) is 6.36. The van der Waals surface area contributed by atoms with Crippen molar-refractivity contribution >= 4 is 0 Å². The molecule has 1 atom stereocenters. The Bertz CT molecular complexity index is 305. The minimum absolute atomic E-state index is 0.269. The fourth-order valence-corrected chi connectivity index (χ4v) is 4.91. The minimum atomic E-state index is 0.269. The molecule has 0 saturated heterocycles. The Morgan fingerprint density at radius 1 is 1.10 bits per heavy atom. The third kappa shape index (κ3) is 3.39. The van der Waals surface area contributed by atoms with Crippen LogP contribution in [-0.4, -0.2) is 30.1 Å². The summed E-state index contributed by atoms with van der Waals surface area (Å²) in [5.74, 6) is 0.983. The van der Waals surface area contributed by atoms with E-state index in [9.17, 15) is 0 Å². The van der Waals surface area contributed by atoms with Crippen LogP contribution in [0.3, 0.4) is 0 Å². The lowest BCUT2D eigenvalue weighted by atomic mass is 9.66. The van der Waals surface area contributed by atoms with Gasteiger partial charge in [-0.05, 0) is 63.3 Å². The molecule has 0 spiro atoms. The van der Waals surface area contributed by atoms with Crippen LogP contribution >= 0.6 is 0 Å². The zero-order valence-electron chi connectivity index (χ0n) is 14.3. The van der Waals surface area contributed by atoms with Gasteiger partial charge in [0.15, 0.2) is 0 Å². The maximum absolute atomic E-state index is 6.28. The summed E-state index contributed by atoms with van der Waals surface area (Å²) < 4.78 is 0. The lowest BCUT2D eigenvalue weighted by Crippen LogP contribution is -2.59. The van der Waals surface area contributed by atoms with Crippen molar-refractivity contribution in [3.05, 3.63) is 0 Å². The van der Waals surface area contributed by atoms with Gasteiger partial charge in [0.1, 0.15) is 0 Å². The van der Waals surface area contributed by atoms with Crippen LogP contribution in [0.5, 0.6) is 0 Å². The van der Waals surface area contributed by atoms with Crippen molar-refractivity contribution in [3.8, 4) is 0 Å². The predicted molar refractivity (Wildman–Crippen MR) is 87.8 cm³/mol. The summed E-state index contributed by atoms with van der Waals surface area (Å²) >= 11 is 0. The van der Waals surface area contributed by atoms with Crippen molar-refractivity contribution in [2.75, 3.05) is 13.6 Å². The van der Waals surface area contributed by atoms with Crippen LogP contribution in [0.1, 0.15) is 78.6 Å². The summed E-state index contributed by atoms with van der Waals surface area (Å²) in [7, 11) is 2.37. The zero-order valence-corrected chi connectivity index (χ0v) is 14.3. The molecule has 118 valence electrons. The number of nitrogens with two attached hydrogens (primary N) is 1. The zero-order chi connectivity index (χ0) is 14.8. The molecule has 2 aliphatic carbocycles. The molecule has 1 unspecified atom stereocenters. The van der Waals surface area contributed by atoms with E-state index in [1.165, 1.54) is 57.8 Å². The Hall–Kier alpha value is -0.0800. The Kier molecular flexibility index (Phi) is 5.18. The van der Waals surface area contributed by atoms with Gasteiger partial charge >= 0.3 is 0 Å². The number of likely N-dealkylation sites (N-methyl/N-ethyl adjacent to an activating group) is 1. The molecule has 2 nitrogen and oxygen atoms in total. The lowest BCUT2D eigenvalue weighted by molar-refractivity contribution is -0.0134. The summed E-state index contributed by atoms with van der Waals surface area (Å²) in [4.78, 5) is 2.71. The van der Waals surface area contributed by atoms with E-state index in [4.69, 9.17) is 5.73 Å². The number of nitrogens with zero attached hydrogens (tertiary/aromatic N) is 1. The molecule has 0 aromatic heterocycles. The van der Waals surface area contributed by atoms with Crippen molar-refractivity contribution in [2.45, 2.75) is 90.1 Å². The van der Waals surface area contributed by atoms with Crippen LogP contribution in [-0.2, 0) is 0 Å². The van der Waals surface area contributed by atoms with E-state index in [1.807, 2.05) is 0 Å². The van der Waals surface area contributed by atoms with E-state index in [0.717, 1.165) is 18.5 Å². The van der Waals surface area contributed by atoms with Gasteiger partial charge in [-0.15, -0.1) is 0 Å². The average molecular weight is 280 g/mol. The topological polar surface area (TPSA) is 29.3 Å². The minimum Gasteiger partial charge on any atom is -0.329 e. The fourth-order valence-electron chi connectivity index (χ4n) is 4.91. The number of rotatable bonds is 4. The van der Waals surface area contributed by atoms with Gasteiger partial charge in [-0.1, -0.05) is 33.6 Å². The molecule has 0 heterocycles. The third-order valence-electron chi connectivity index (χ3n) is 6.37. The van der Waals surface area contributed by atoms with Gasteiger partial charge < -0.3 is 5.73 Å². The van der Waals surface area contributed by atoms with Crippen molar-refractivity contribution < 1.29 is 0 Å². The van der Waals surface area contributed by atoms with Gasteiger partial charge in [0.25, 0.3) is 0 Å². The molecule has 0 amide bonds. The van der Waals surface area contributed by atoms with Gasteiger partial charge in [0.2, 0.25) is 0 Å². The highest BCUT2D eigenvalue weighted by Gasteiger charge is 2.44. The molecule has 2 saturated carbocycles. The number of hydrogen-bond donors (Lipinski definition) is 1. The first-order chi connectivity index (χ1) is 9.42. The highest BCUT2D eigenvalue weighted by atomic mass is 15.2. The maximum atomic E-state index is 6.28. The Balaban J connectivity index is 2.03. The average Bonchev–Trinajstić information content (AvgIpc) is 2.45. The van der Waals surface area contributed by atoms with Gasteiger partial charge in [0, 0.05) is 18.1 Å². The van der Waals surface area contributed by atoms with Gasteiger partial charge in [-0.2, -0.15) is 0 Å². The van der Waals surface area contributed by atoms with E-state index in [0.29, 0.717) is 5.41 Å². The van der Waals surface area contributed by atoms with Crippen molar-refractivity contribution in [2.24, 2.45) is 17.1 Å². The first kappa shape index (κ1) is 16.3. The van der Waals surface area contributed by atoms with E-state index in [-0.39, 0.29) is 5.54 Å². The quantitative estimate of drug-likeness (QED) is 0.837. The van der Waals surface area contributed by atoms with E-state index in [2.05, 4.69) is 32.7 Å². The van der Waals surface area contributed by atoms with Crippen LogP contribution in [0.4, 0.5) is 0 Å². The molecule has 0 aliphatic heterocycles. The van der Waals surface area contributed by atoms with Crippen molar-refractivity contribution in [3.63, 3.8) is 0 Å². The van der Waals surface area contributed by atoms with Crippen molar-refractivity contribution in [1.82, 2.24) is 4.90 Å². The largest absolute Gasteiger partial charge is 0.329 e. The first-order valence-electron chi connectivity index (χ1n) is 8.85. The second-order valence-electron chi connectivity index (χ2n) is 8.32. The molecule has 2 N–H and O–H groups in total. The summed E-state index contributed by atoms with van der Waals surface area (Å²) in [6.45, 7) is 8.04. The standard InChI is InChI=1S/C18H36N2/c1-5-15-7-9-16(10-8-15)20(4)18(14-19)12-6-11-17(2,3)13-18/h15-16H,5-14,19H2,1-4H3. The van der Waals surface area contributed by atoms with Crippen molar-refractivity contribution in [1.29, 1.82) is 0 Å². The van der Waals surface area contributed by atoms with E-state index in [1.54, 1.807) is 0 Å². The van der Waals surface area contributed by atoms with Gasteiger partial charge in [0.05, 0.1) is 0 Å². The molecule has 2 fully saturated rings. The molecular weight excluding hydrogens is 244 g/mol.